The van der Waals surface area contributed by atoms with Crippen molar-refractivity contribution >= 4 is 29.6 Å². The first-order chi connectivity index (χ1) is 15.0. The van der Waals surface area contributed by atoms with Crippen LogP contribution in [0.2, 0.25) is 0 Å². The second-order valence-electron chi connectivity index (χ2n) is 6.51. The van der Waals surface area contributed by atoms with Crippen LogP contribution in [-0.4, -0.2) is 66.6 Å². The van der Waals surface area contributed by atoms with Gasteiger partial charge < -0.3 is 28.4 Å². The largest absolute Gasteiger partial charge is 0.467 e. The average molecular weight is 455 g/mol. The van der Waals surface area contributed by atoms with Crippen molar-refractivity contribution in [2.24, 2.45) is 0 Å². The van der Waals surface area contributed by atoms with E-state index in [2.05, 4.69) is 4.74 Å². The molecular formula is C19H21NO12. The average Bonchev–Trinajstić information content (AvgIpc) is 2.70. The van der Waals surface area contributed by atoms with E-state index >= 15 is 0 Å². The van der Waals surface area contributed by atoms with Gasteiger partial charge in [-0.05, 0) is 6.07 Å². The lowest BCUT2D eigenvalue weighted by Crippen LogP contribution is -2.64. The highest BCUT2D eigenvalue weighted by Gasteiger charge is 2.56. The summed E-state index contributed by atoms with van der Waals surface area (Å²) in [6, 6.07) is 5.24. The van der Waals surface area contributed by atoms with Crippen LogP contribution in [0.1, 0.15) is 20.8 Å². The number of hydrogen-bond donors (Lipinski definition) is 0. The van der Waals surface area contributed by atoms with Gasteiger partial charge in [0.2, 0.25) is 12.4 Å². The fourth-order valence-corrected chi connectivity index (χ4v) is 3.01. The number of nitro benzene ring substituents is 1. The molecular weight excluding hydrogens is 434 g/mol. The number of nitrogens with zero attached hydrogens (tertiary/aromatic N) is 1. The van der Waals surface area contributed by atoms with Gasteiger partial charge in [0.15, 0.2) is 24.1 Å². The third kappa shape index (κ3) is 5.91. The summed E-state index contributed by atoms with van der Waals surface area (Å²) in [6.45, 7) is 3.12. The molecule has 1 aliphatic heterocycles. The van der Waals surface area contributed by atoms with Gasteiger partial charge in [0.25, 0.3) is 0 Å². The van der Waals surface area contributed by atoms with Gasteiger partial charge in [0, 0.05) is 26.8 Å². The van der Waals surface area contributed by atoms with Crippen LogP contribution in [0, 0.1) is 10.1 Å². The standard InChI is InChI=1S/C19H21NO12/c1-9(21)28-14-15(29-10(2)22)17(30-11(3)23)19(32-16(14)18(24)27-4)31-13-8-6-5-7-12(13)20(25)26/h5-8,14-17,19H,1-4H3/t14-,15-,16-,17+,19+/m0/s1. The maximum Gasteiger partial charge on any atom is 0.339 e. The van der Waals surface area contributed by atoms with Gasteiger partial charge in [-0.1, -0.05) is 12.1 Å². The van der Waals surface area contributed by atoms with Crippen molar-refractivity contribution in [1.82, 2.24) is 0 Å². The molecule has 5 atom stereocenters. The van der Waals surface area contributed by atoms with Crippen molar-refractivity contribution in [3.05, 3.63) is 34.4 Å². The predicted octanol–water partition coefficient (Wildman–Crippen LogP) is 0.667. The van der Waals surface area contributed by atoms with E-state index in [1.165, 1.54) is 18.2 Å². The summed E-state index contributed by atoms with van der Waals surface area (Å²) in [7, 11) is 1.04. The summed E-state index contributed by atoms with van der Waals surface area (Å²) >= 11 is 0. The van der Waals surface area contributed by atoms with Crippen LogP contribution in [-0.2, 0) is 42.9 Å². The predicted molar refractivity (Wildman–Crippen MR) is 101 cm³/mol. The van der Waals surface area contributed by atoms with Crippen LogP contribution < -0.4 is 4.74 Å². The summed E-state index contributed by atoms with van der Waals surface area (Å²) in [6.07, 6.45) is -8.06. The minimum absolute atomic E-state index is 0.282. The number of para-hydroxylation sites is 2. The smallest absolute Gasteiger partial charge is 0.339 e. The molecule has 1 aliphatic rings. The number of benzene rings is 1. The second-order valence-corrected chi connectivity index (χ2v) is 6.51. The van der Waals surface area contributed by atoms with Crippen molar-refractivity contribution in [2.45, 2.75) is 51.5 Å². The number of hydrogen-bond acceptors (Lipinski definition) is 12. The van der Waals surface area contributed by atoms with Crippen LogP contribution >= 0.6 is 0 Å². The van der Waals surface area contributed by atoms with Crippen LogP contribution in [0.15, 0.2) is 24.3 Å². The van der Waals surface area contributed by atoms with E-state index in [4.69, 9.17) is 23.7 Å². The SMILES string of the molecule is COC(=O)[C@H]1O[C@@H](Oc2ccccc2[N+](=O)[O-])[C@H](OC(C)=O)[C@@H](OC(C)=O)[C@@H]1OC(C)=O. The van der Waals surface area contributed by atoms with E-state index in [0.717, 1.165) is 33.9 Å². The first-order valence-electron chi connectivity index (χ1n) is 9.20. The molecule has 0 aliphatic carbocycles. The van der Waals surface area contributed by atoms with Gasteiger partial charge in [-0.2, -0.15) is 0 Å². The van der Waals surface area contributed by atoms with Crippen molar-refractivity contribution in [2.75, 3.05) is 7.11 Å². The summed E-state index contributed by atoms with van der Waals surface area (Å²) in [5, 5.41) is 11.3. The number of methoxy groups -OCH3 is 1. The molecule has 1 aromatic carbocycles. The minimum atomic E-state index is -1.68. The van der Waals surface area contributed by atoms with Crippen LogP contribution in [0.4, 0.5) is 5.69 Å². The number of carbonyl (C=O) groups excluding carboxylic acids is 4. The Morgan fingerprint density at radius 3 is 1.97 bits per heavy atom. The number of ether oxygens (including phenoxy) is 6. The van der Waals surface area contributed by atoms with E-state index in [0.29, 0.717) is 0 Å². The maximum absolute atomic E-state index is 12.3. The fraction of sp³-hybridized carbons (Fsp3) is 0.474. The van der Waals surface area contributed by atoms with Crippen molar-refractivity contribution in [1.29, 1.82) is 0 Å². The molecule has 0 N–H and O–H groups in total. The Balaban J connectivity index is 2.56. The Labute approximate surface area is 181 Å². The zero-order valence-corrected chi connectivity index (χ0v) is 17.5. The number of nitro groups is 1. The van der Waals surface area contributed by atoms with Gasteiger partial charge in [-0.3, -0.25) is 24.5 Å². The molecule has 32 heavy (non-hydrogen) atoms. The second kappa shape index (κ2) is 10.5. The highest BCUT2D eigenvalue weighted by Crippen LogP contribution is 2.34. The molecule has 1 fully saturated rings. The molecule has 1 saturated heterocycles. The molecule has 0 spiro atoms. The third-order valence-corrected chi connectivity index (χ3v) is 4.14. The Morgan fingerprint density at radius 1 is 0.906 bits per heavy atom. The van der Waals surface area contributed by atoms with Gasteiger partial charge >= 0.3 is 29.6 Å². The molecule has 0 aromatic heterocycles. The topological polar surface area (TPSA) is 167 Å². The molecule has 0 saturated carbocycles. The van der Waals surface area contributed by atoms with Gasteiger partial charge in [0.1, 0.15) is 0 Å². The molecule has 1 aromatic rings. The maximum atomic E-state index is 12.3. The lowest BCUT2D eigenvalue weighted by molar-refractivity contribution is -0.387. The van der Waals surface area contributed by atoms with Gasteiger partial charge in [-0.25, -0.2) is 4.79 Å². The van der Waals surface area contributed by atoms with E-state index in [1.807, 2.05) is 0 Å². The van der Waals surface area contributed by atoms with Crippen molar-refractivity contribution in [3.63, 3.8) is 0 Å². The summed E-state index contributed by atoms with van der Waals surface area (Å²) in [5.74, 6) is -3.88. The summed E-state index contributed by atoms with van der Waals surface area (Å²) < 4.78 is 31.3. The summed E-state index contributed by atoms with van der Waals surface area (Å²) in [4.78, 5) is 58.1. The van der Waals surface area contributed by atoms with Crippen LogP contribution in [0.25, 0.3) is 0 Å². The number of carbonyl (C=O) groups is 4. The lowest BCUT2D eigenvalue weighted by atomic mass is 9.97. The molecule has 2 rings (SSSR count). The summed E-state index contributed by atoms with van der Waals surface area (Å²) in [5.41, 5.74) is -0.446. The van der Waals surface area contributed by atoms with E-state index in [1.54, 1.807) is 0 Å². The zero-order chi connectivity index (χ0) is 24.0. The zero-order valence-electron chi connectivity index (χ0n) is 17.5. The van der Waals surface area contributed by atoms with Crippen LogP contribution in [0.3, 0.4) is 0 Å². The number of esters is 4. The monoisotopic (exact) mass is 455 g/mol. The molecule has 1 heterocycles. The van der Waals surface area contributed by atoms with Gasteiger partial charge in [0.05, 0.1) is 12.0 Å². The third-order valence-electron chi connectivity index (χ3n) is 4.14. The minimum Gasteiger partial charge on any atom is -0.467 e. The Bertz CT molecular complexity index is 900. The first-order valence-corrected chi connectivity index (χ1v) is 9.20. The van der Waals surface area contributed by atoms with E-state index in [-0.39, 0.29) is 5.75 Å². The molecule has 13 heteroatoms. The molecule has 174 valence electrons. The molecule has 0 unspecified atom stereocenters. The highest BCUT2D eigenvalue weighted by molar-refractivity contribution is 5.77. The highest BCUT2D eigenvalue weighted by atomic mass is 16.7. The Hall–Kier alpha value is -3.74. The molecule has 0 amide bonds. The number of rotatable bonds is 7. The Kier molecular flexibility index (Phi) is 8.07. The Morgan fingerprint density at radius 2 is 1.44 bits per heavy atom. The molecule has 0 radical (unpaired) electrons. The van der Waals surface area contributed by atoms with Crippen LogP contribution in [0.5, 0.6) is 5.75 Å². The van der Waals surface area contributed by atoms with E-state index in [9.17, 15) is 29.3 Å². The van der Waals surface area contributed by atoms with Crippen molar-refractivity contribution < 1.29 is 52.5 Å². The fourth-order valence-electron chi connectivity index (χ4n) is 3.01. The van der Waals surface area contributed by atoms with E-state index < -0.39 is 65.2 Å². The molecule has 0 bridgehead atoms. The molecule has 13 nitrogen and oxygen atoms in total. The first kappa shape index (κ1) is 24.5. The lowest BCUT2D eigenvalue weighted by Gasteiger charge is -2.42. The van der Waals surface area contributed by atoms with Gasteiger partial charge in [-0.15, -0.1) is 0 Å². The quantitative estimate of drug-likeness (QED) is 0.244. The van der Waals surface area contributed by atoms with Crippen molar-refractivity contribution in [3.8, 4) is 5.75 Å². The normalized spacial score (nSPS) is 24.6.